The van der Waals surface area contributed by atoms with E-state index in [9.17, 15) is 0 Å². The summed E-state index contributed by atoms with van der Waals surface area (Å²) in [6, 6.07) is 5.82. The van der Waals surface area contributed by atoms with Crippen molar-refractivity contribution >= 4 is 27.5 Å². The van der Waals surface area contributed by atoms with Crippen LogP contribution in [0, 0.1) is 13.8 Å². The zero-order valence-electron chi connectivity index (χ0n) is 19.2. The molecule has 1 aliphatic rings. The van der Waals surface area contributed by atoms with Crippen LogP contribution in [-0.2, 0) is 17.9 Å². The SMILES string of the molecule is [2H]C([2H])([2H])c1ccc2c3c1c1nccc(C)c1c1n3c(c[n+]1C)C(C)(C)C2(C)C. The maximum atomic E-state index is 8.21. The first kappa shape index (κ1) is 12.9. The van der Waals surface area contributed by atoms with Gasteiger partial charge in [-0.3, -0.25) is 4.98 Å². The van der Waals surface area contributed by atoms with E-state index in [1.165, 1.54) is 11.3 Å². The van der Waals surface area contributed by atoms with Crippen LogP contribution in [0.3, 0.4) is 0 Å². The molecular formula is C23H26N3+. The second-order valence-corrected chi connectivity index (χ2v) is 8.77. The zero-order valence-corrected chi connectivity index (χ0v) is 16.2. The summed E-state index contributed by atoms with van der Waals surface area (Å²) < 4.78 is 29.1. The largest absolute Gasteiger partial charge is 0.296 e. The molecule has 0 fully saturated rings. The van der Waals surface area contributed by atoms with Crippen molar-refractivity contribution in [1.29, 1.82) is 0 Å². The van der Waals surface area contributed by atoms with E-state index in [-0.39, 0.29) is 10.8 Å². The van der Waals surface area contributed by atoms with Gasteiger partial charge in [-0.25, -0.2) is 4.57 Å². The number of benzene rings is 1. The minimum atomic E-state index is -2.21. The van der Waals surface area contributed by atoms with Gasteiger partial charge in [-0.05, 0) is 31.0 Å². The molecule has 3 nitrogen and oxygen atoms in total. The Kier molecular flexibility index (Phi) is 2.20. The number of hydrogen-bond acceptors (Lipinski definition) is 1. The third-order valence-corrected chi connectivity index (χ3v) is 7.00. The molecule has 0 radical (unpaired) electrons. The maximum absolute atomic E-state index is 8.21. The standard InChI is InChI=1S/C23H26N3/c1-13-8-9-15-20-17(13)19-18(14(2)10-11-24-19)21-25(7)12-16(26(20)21)23(5,6)22(15,3)4/h8-12H,1-7H3/q+1/i1D3. The van der Waals surface area contributed by atoms with E-state index in [1.54, 1.807) is 12.3 Å². The summed E-state index contributed by atoms with van der Waals surface area (Å²) in [5, 5.41) is 1.78. The van der Waals surface area contributed by atoms with Crippen LogP contribution in [0.25, 0.3) is 27.5 Å². The molecule has 4 aromatic rings. The predicted molar refractivity (Wildman–Crippen MR) is 107 cm³/mol. The highest BCUT2D eigenvalue weighted by Gasteiger charge is 2.50. The number of fused-ring (bicyclic) bond motifs is 3. The zero-order chi connectivity index (χ0) is 21.1. The summed E-state index contributed by atoms with van der Waals surface area (Å²) in [5.74, 6) is 0. The minimum Gasteiger partial charge on any atom is -0.255 e. The molecule has 3 aromatic heterocycles. The van der Waals surface area contributed by atoms with E-state index in [0.717, 1.165) is 33.0 Å². The van der Waals surface area contributed by atoms with Crippen LogP contribution in [0.15, 0.2) is 30.6 Å². The smallest absolute Gasteiger partial charge is 0.255 e. The van der Waals surface area contributed by atoms with E-state index < -0.39 is 6.85 Å². The second kappa shape index (κ2) is 4.46. The number of imidazole rings is 1. The minimum absolute atomic E-state index is 0.137. The van der Waals surface area contributed by atoms with Gasteiger partial charge in [-0.15, -0.1) is 0 Å². The Morgan fingerprint density at radius 1 is 1.04 bits per heavy atom. The number of pyridine rings is 2. The van der Waals surface area contributed by atoms with Gasteiger partial charge in [0.1, 0.15) is 11.7 Å². The van der Waals surface area contributed by atoms with Crippen LogP contribution in [0.5, 0.6) is 0 Å². The van der Waals surface area contributed by atoms with E-state index in [2.05, 4.69) is 56.8 Å². The molecule has 0 saturated heterocycles. The third kappa shape index (κ3) is 1.52. The van der Waals surface area contributed by atoms with Gasteiger partial charge >= 0.3 is 0 Å². The fourth-order valence-corrected chi connectivity index (χ4v) is 4.78. The van der Waals surface area contributed by atoms with Crippen LogP contribution in [0.2, 0.25) is 0 Å². The Bertz CT molecular complexity index is 1360. The van der Waals surface area contributed by atoms with Crippen LogP contribution in [-0.4, -0.2) is 9.38 Å². The van der Waals surface area contributed by atoms with E-state index in [0.29, 0.717) is 5.56 Å². The van der Waals surface area contributed by atoms with Crippen LogP contribution in [0.4, 0.5) is 0 Å². The average Bonchev–Trinajstić information content (AvgIpc) is 2.97. The lowest BCUT2D eigenvalue weighted by Gasteiger charge is -2.43. The van der Waals surface area contributed by atoms with Crippen molar-refractivity contribution in [3.63, 3.8) is 0 Å². The molecule has 0 saturated carbocycles. The van der Waals surface area contributed by atoms with Crippen LogP contribution in [0.1, 0.15) is 54.2 Å². The molecule has 0 unspecified atom stereocenters. The summed E-state index contributed by atoms with van der Waals surface area (Å²) in [5.41, 5.74) is 6.36. The molecule has 0 amide bonds. The van der Waals surface area contributed by atoms with Crippen molar-refractivity contribution in [3.05, 3.63) is 53.0 Å². The van der Waals surface area contributed by atoms with Crippen molar-refractivity contribution in [2.45, 2.75) is 52.3 Å². The summed E-state index contributed by atoms with van der Waals surface area (Å²) in [4.78, 5) is 4.72. The Hall–Kier alpha value is -2.42. The third-order valence-electron chi connectivity index (χ3n) is 7.00. The van der Waals surface area contributed by atoms with Gasteiger partial charge in [0.25, 0.3) is 5.65 Å². The molecular weight excluding hydrogens is 318 g/mol. The van der Waals surface area contributed by atoms with Crippen molar-refractivity contribution < 1.29 is 8.68 Å². The fraction of sp³-hybridized carbons (Fsp3) is 0.391. The Morgan fingerprint density at radius 3 is 2.54 bits per heavy atom. The molecule has 26 heavy (non-hydrogen) atoms. The molecule has 0 atom stereocenters. The van der Waals surface area contributed by atoms with Gasteiger partial charge in [-0.1, -0.05) is 39.8 Å². The number of rotatable bonds is 0. The van der Waals surface area contributed by atoms with Gasteiger partial charge in [0.15, 0.2) is 5.69 Å². The monoisotopic (exact) mass is 347 g/mol. The van der Waals surface area contributed by atoms with E-state index in [1.807, 2.05) is 12.1 Å². The first-order valence-electron chi connectivity index (χ1n) is 10.7. The lowest BCUT2D eigenvalue weighted by Crippen LogP contribution is -2.44. The lowest BCUT2D eigenvalue weighted by atomic mass is 9.60. The van der Waals surface area contributed by atoms with E-state index >= 15 is 0 Å². The lowest BCUT2D eigenvalue weighted by molar-refractivity contribution is -0.643. The number of aromatic nitrogens is 3. The highest BCUT2D eigenvalue weighted by molar-refractivity contribution is 6.12. The second-order valence-electron chi connectivity index (χ2n) is 8.77. The molecule has 132 valence electrons. The molecule has 0 aliphatic carbocycles. The van der Waals surface area contributed by atoms with Gasteiger partial charge in [-0.2, -0.15) is 4.40 Å². The van der Waals surface area contributed by atoms with Gasteiger partial charge in [0.05, 0.1) is 23.3 Å². The topological polar surface area (TPSA) is 21.2 Å². The molecule has 5 rings (SSSR count). The molecule has 0 N–H and O–H groups in total. The Balaban J connectivity index is 2.25. The van der Waals surface area contributed by atoms with Gasteiger partial charge < -0.3 is 0 Å². The normalized spacial score (nSPS) is 19.8. The maximum Gasteiger partial charge on any atom is 0.296 e. The fourth-order valence-electron chi connectivity index (χ4n) is 4.78. The highest BCUT2D eigenvalue weighted by Crippen LogP contribution is 2.51. The first-order valence-corrected chi connectivity index (χ1v) is 9.15. The summed E-state index contributed by atoms with van der Waals surface area (Å²) in [7, 11) is 2.07. The predicted octanol–water partition coefficient (Wildman–Crippen LogP) is 4.65. The Morgan fingerprint density at radius 2 is 1.81 bits per heavy atom. The molecule has 1 aromatic carbocycles. The quantitative estimate of drug-likeness (QED) is 0.335. The number of nitrogens with zero attached hydrogens (tertiary/aromatic N) is 3. The Labute approximate surface area is 158 Å². The molecule has 0 bridgehead atoms. The summed E-state index contributed by atoms with van der Waals surface area (Å²) in [6.07, 6.45) is 3.99. The molecule has 4 heterocycles. The summed E-state index contributed by atoms with van der Waals surface area (Å²) >= 11 is 0. The van der Waals surface area contributed by atoms with Gasteiger partial charge in [0, 0.05) is 26.7 Å². The van der Waals surface area contributed by atoms with Crippen LogP contribution >= 0.6 is 0 Å². The highest BCUT2D eigenvalue weighted by atomic mass is 15.1. The number of hydrogen-bond donors (Lipinski definition) is 0. The first-order chi connectivity index (χ1) is 13.4. The van der Waals surface area contributed by atoms with Gasteiger partial charge in [0.2, 0.25) is 0 Å². The summed E-state index contributed by atoms with van der Waals surface area (Å²) in [6.45, 7) is 8.93. The van der Waals surface area contributed by atoms with Crippen molar-refractivity contribution in [3.8, 4) is 0 Å². The molecule has 3 heteroatoms. The van der Waals surface area contributed by atoms with Crippen molar-refractivity contribution in [2.75, 3.05) is 0 Å². The van der Waals surface area contributed by atoms with Crippen molar-refractivity contribution in [2.24, 2.45) is 7.05 Å². The molecule has 0 spiro atoms. The average molecular weight is 348 g/mol. The number of aryl methyl sites for hydroxylation is 3. The van der Waals surface area contributed by atoms with E-state index in [4.69, 9.17) is 9.10 Å². The van der Waals surface area contributed by atoms with Crippen molar-refractivity contribution in [1.82, 2.24) is 9.38 Å². The van der Waals surface area contributed by atoms with Crippen LogP contribution < -0.4 is 4.57 Å². The molecule has 1 aliphatic heterocycles.